The fourth-order valence-corrected chi connectivity index (χ4v) is 3.08. The van der Waals surface area contributed by atoms with E-state index in [9.17, 15) is 5.11 Å². The molecule has 0 radical (unpaired) electrons. The third-order valence-electron chi connectivity index (χ3n) is 4.16. The van der Waals surface area contributed by atoms with Gasteiger partial charge in [-0.05, 0) is 24.4 Å². The molecule has 1 aliphatic carbocycles. The largest absolute Gasteiger partial charge is 0.396 e. The number of aliphatic hydroxyl groups is 1. The quantitative estimate of drug-likeness (QED) is 0.754. The molecule has 0 unspecified atom stereocenters. The van der Waals surface area contributed by atoms with Gasteiger partial charge in [-0.2, -0.15) is 15.1 Å². The van der Waals surface area contributed by atoms with E-state index in [1.807, 2.05) is 0 Å². The van der Waals surface area contributed by atoms with Crippen molar-refractivity contribution < 1.29 is 5.11 Å². The van der Waals surface area contributed by atoms with Crippen molar-refractivity contribution in [3.63, 3.8) is 0 Å². The summed E-state index contributed by atoms with van der Waals surface area (Å²) < 4.78 is 0. The lowest BCUT2D eigenvalue weighted by atomic mass is 9.74. The molecule has 6 nitrogen and oxygen atoms in total. The molecule has 3 N–H and O–H groups in total. The van der Waals surface area contributed by atoms with Gasteiger partial charge in [0.05, 0.1) is 18.2 Å². The molecule has 0 atom stereocenters. The van der Waals surface area contributed by atoms with E-state index in [1.165, 1.54) is 19.3 Å². The fraction of sp³-hybridized carbons (Fsp3) is 0.615. The summed E-state index contributed by atoms with van der Waals surface area (Å²) in [5, 5.41) is 20.8. The molecule has 0 amide bonds. The minimum absolute atomic E-state index is 0.0499. The second-order valence-electron chi connectivity index (χ2n) is 5.55. The van der Waals surface area contributed by atoms with Gasteiger partial charge < -0.3 is 10.4 Å². The third-order valence-corrected chi connectivity index (χ3v) is 4.33. The van der Waals surface area contributed by atoms with E-state index >= 15 is 0 Å². The SMILES string of the molecule is OCC1(CNc2nc(Cl)nc3[nH]ncc23)CCCCC1. The summed E-state index contributed by atoms with van der Waals surface area (Å²) in [6.07, 6.45) is 7.38. The highest BCUT2D eigenvalue weighted by Crippen LogP contribution is 2.36. The van der Waals surface area contributed by atoms with Gasteiger partial charge in [0.2, 0.25) is 5.28 Å². The smallest absolute Gasteiger partial charge is 0.226 e. The predicted molar refractivity (Wildman–Crippen MR) is 77.8 cm³/mol. The first kappa shape index (κ1) is 13.6. The highest BCUT2D eigenvalue weighted by molar-refractivity contribution is 6.28. The number of H-pyrrole nitrogens is 1. The predicted octanol–water partition coefficient (Wildman–Crippen LogP) is 2.36. The number of aromatic amines is 1. The summed E-state index contributed by atoms with van der Waals surface area (Å²) in [5.41, 5.74) is 0.570. The molecule has 1 saturated carbocycles. The molecule has 108 valence electrons. The molecule has 0 aliphatic heterocycles. The molecule has 0 aromatic carbocycles. The Balaban J connectivity index is 1.80. The van der Waals surface area contributed by atoms with Crippen molar-refractivity contribution in [3.05, 3.63) is 11.5 Å². The van der Waals surface area contributed by atoms with Gasteiger partial charge in [-0.25, -0.2) is 0 Å². The van der Waals surface area contributed by atoms with E-state index in [2.05, 4.69) is 25.5 Å². The molecule has 2 aromatic heterocycles. The highest BCUT2D eigenvalue weighted by atomic mass is 35.5. The van der Waals surface area contributed by atoms with Crippen LogP contribution in [0.25, 0.3) is 11.0 Å². The van der Waals surface area contributed by atoms with Crippen LogP contribution in [0.1, 0.15) is 32.1 Å². The molecular formula is C13H18ClN5O. The first-order valence-electron chi connectivity index (χ1n) is 6.94. The molecule has 0 bridgehead atoms. The van der Waals surface area contributed by atoms with Crippen molar-refractivity contribution in [2.75, 3.05) is 18.5 Å². The van der Waals surface area contributed by atoms with Crippen molar-refractivity contribution >= 4 is 28.5 Å². The van der Waals surface area contributed by atoms with Crippen molar-refractivity contribution in [1.29, 1.82) is 0 Å². The van der Waals surface area contributed by atoms with Crippen molar-refractivity contribution in [2.24, 2.45) is 5.41 Å². The molecule has 2 aromatic rings. The van der Waals surface area contributed by atoms with Gasteiger partial charge in [-0.3, -0.25) is 5.10 Å². The molecule has 7 heteroatoms. The Morgan fingerprint density at radius 1 is 1.30 bits per heavy atom. The van der Waals surface area contributed by atoms with E-state index in [-0.39, 0.29) is 17.3 Å². The monoisotopic (exact) mass is 295 g/mol. The average molecular weight is 296 g/mol. The van der Waals surface area contributed by atoms with Crippen molar-refractivity contribution in [3.8, 4) is 0 Å². The third kappa shape index (κ3) is 2.58. The Bertz CT molecular complexity index is 593. The second kappa shape index (κ2) is 5.54. The Morgan fingerprint density at radius 2 is 2.10 bits per heavy atom. The number of anilines is 1. The number of nitrogens with one attached hydrogen (secondary N) is 2. The zero-order chi connectivity index (χ0) is 14.0. The van der Waals surface area contributed by atoms with E-state index < -0.39 is 0 Å². The van der Waals surface area contributed by atoms with Gasteiger partial charge in [-0.15, -0.1) is 0 Å². The number of nitrogens with zero attached hydrogens (tertiary/aromatic N) is 3. The Labute approximate surface area is 122 Å². The highest BCUT2D eigenvalue weighted by Gasteiger charge is 2.31. The van der Waals surface area contributed by atoms with Crippen molar-refractivity contribution in [1.82, 2.24) is 20.2 Å². The Kier molecular flexibility index (Phi) is 3.76. The molecule has 2 heterocycles. The minimum Gasteiger partial charge on any atom is -0.396 e. The summed E-state index contributed by atoms with van der Waals surface area (Å²) in [5.74, 6) is 0.673. The molecule has 1 aliphatic rings. The maximum atomic E-state index is 9.73. The molecule has 20 heavy (non-hydrogen) atoms. The topological polar surface area (TPSA) is 86.7 Å². The van der Waals surface area contributed by atoms with Gasteiger partial charge in [0.15, 0.2) is 5.65 Å². The van der Waals surface area contributed by atoms with E-state index in [0.29, 0.717) is 18.0 Å². The van der Waals surface area contributed by atoms with Crippen LogP contribution in [-0.2, 0) is 0 Å². The number of hydrogen-bond acceptors (Lipinski definition) is 5. The van der Waals surface area contributed by atoms with E-state index in [0.717, 1.165) is 18.2 Å². The molecular weight excluding hydrogens is 278 g/mol. The second-order valence-corrected chi connectivity index (χ2v) is 5.88. The number of halogens is 1. The first-order chi connectivity index (χ1) is 9.72. The number of aromatic nitrogens is 4. The Hall–Kier alpha value is -1.40. The van der Waals surface area contributed by atoms with Crippen LogP contribution in [0.5, 0.6) is 0 Å². The molecule has 0 spiro atoms. The van der Waals surface area contributed by atoms with Crippen LogP contribution in [0.4, 0.5) is 5.82 Å². The lowest BCUT2D eigenvalue weighted by Crippen LogP contribution is -2.35. The van der Waals surface area contributed by atoms with Crippen LogP contribution in [0.15, 0.2) is 6.20 Å². The van der Waals surface area contributed by atoms with Crippen LogP contribution >= 0.6 is 11.6 Å². The van der Waals surface area contributed by atoms with E-state index in [4.69, 9.17) is 11.6 Å². The number of fused-ring (bicyclic) bond motifs is 1. The zero-order valence-electron chi connectivity index (χ0n) is 11.2. The normalized spacial score (nSPS) is 18.3. The summed E-state index contributed by atoms with van der Waals surface area (Å²) in [6.45, 7) is 0.893. The Morgan fingerprint density at radius 3 is 2.85 bits per heavy atom. The van der Waals surface area contributed by atoms with Crippen molar-refractivity contribution in [2.45, 2.75) is 32.1 Å². The summed E-state index contributed by atoms with van der Waals surface area (Å²) in [6, 6.07) is 0. The van der Waals surface area contributed by atoms with Crippen LogP contribution < -0.4 is 5.32 Å². The first-order valence-corrected chi connectivity index (χ1v) is 7.32. The van der Waals surface area contributed by atoms with Crippen LogP contribution in [0, 0.1) is 5.41 Å². The van der Waals surface area contributed by atoms with Crippen LogP contribution in [0.3, 0.4) is 0 Å². The van der Waals surface area contributed by atoms with Gasteiger partial charge in [-0.1, -0.05) is 19.3 Å². The fourth-order valence-electron chi connectivity index (χ4n) is 2.91. The number of hydrogen-bond donors (Lipinski definition) is 3. The lowest BCUT2D eigenvalue weighted by molar-refractivity contribution is 0.0943. The number of rotatable bonds is 4. The summed E-state index contributed by atoms with van der Waals surface area (Å²) in [7, 11) is 0. The lowest BCUT2D eigenvalue weighted by Gasteiger charge is -2.35. The average Bonchev–Trinajstić information content (AvgIpc) is 2.94. The summed E-state index contributed by atoms with van der Waals surface area (Å²) >= 11 is 5.91. The van der Waals surface area contributed by atoms with Crippen LogP contribution in [0.2, 0.25) is 5.28 Å². The van der Waals surface area contributed by atoms with E-state index in [1.54, 1.807) is 6.20 Å². The van der Waals surface area contributed by atoms with Crippen LogP contribution in [-0.4, -0.2) is 38.4 Å². The maximum Gasteiger partial charge on any atom is 0.226 e. The molecule has 1 fully saturated rings. The molecule has 3 rings (SSSR count). The van der Waals surface area contributed by atoms with Gasteiger partial charge in [0.1, 0.15) is 5.82 Å². The number of aliphatic hydroxyl groups excluding tert-OH is 1. The maximum absolute atomic E-state index is 9.73. The standard InChI is InChI=1S/C13H18ClN5O/c14-12-17-10(9-6-16-19-11(9)18-12)15-7-13(8-20)4-2-1-3-5-13/h6,20H,1-5,7-8H2,(H2,15,16,17,18,19). The zero-order valence-corrected chi connectivity index (χ0v) is 11.9. The minimum atomic E-state index is -0.0499. The van der Waals surface area contributed by atoms with Gasteiger partial charge in [0, 0.05) is 12.0 Å². The van der Waals surface area contributed by atoms with Gasteiger partial charge in [0.25, 0.3) is 0 Å². The molecule has 0 saturated heterocycles. The van der Waals surface area contributed by atoms with Gasteiger partial charge >= 0.3 is 0 Å². The summed E-state index contributed by atoms with van der Waals surface area (Å²) in [4.78, 5) is 8.30.